The van der Waals surface area contributed by atoms with E-state index in [0.717, 1.165) is 51.2 Å². The third-order valence-corrected chi connectivity index (χ3v) is 7.38. The van der Waals surface area contributed by atoms with Crippen LogP contribution in [-0.4, -0.2) is 49.3 Å². The highest BCUT2D eigenvalue weighted by Gasteiger charge is 2.62. The number of ether oxygens (including phenoxy) is 2. The molecule has 3 saturated heterocycles. The van der Waals surface area contributed by atoms with E-state index in [9.17, 15) is 4.79 Å². The fraction of sp³-hybridized carbons (Fsp3) is 0.682. The topological polar surface area (TPSA) is 50.8 Å². The van der Waals surface area contributed by atoms with Gasteiger partial charge in [-0.15, -0.1) is 0 Å². The Bertz CT molecular complexity index is 719. The van der Waals surface area contributed by atoms with Gasteiger partial charge >= 0.3 is 0 Å². The van der Waals surface area contributed by atoms with Crippen molar-refractivity contribution in [3.8, 4) is 5.75 Å². The van der Waals surface area contributed by atoms with Crippen LogP contribution >= 0.6 is 0 Å². The van der Waals surface area contributed by atoms with Crippen molar-refractivity contribution in [2.75, 3.05) is 26.7 Å². The van der Waals surface area contributed by atoms with E-state index in [0.29, 0.717) is 17.9 Å². The molecule has 5 rings (SSSR count). The van der Waals surface area contributed by atoms with E-state index in [1.807, 2.05) is 6.07 Å². The van der Waals surface area contributed by atoms with Crippen LogP contribution in [0.4, 0.5) is 0 Å². The average molecular weight is 370 g/mol. The molecule has 1 aromatic carbocycles. The van der Waals surface area contributed by atoms with Gasteiger partial charge in [-0.05, 0) is 43.4 Å². The molecule has 2 bridgehead atoms. The van der Waals surface area contributed by atoms with Gasteiger partial charge in [0, 0.05) is 43.9 Å². The minimum absolute atomic E-state index is 0.0232. The van der Waals surface area contributed by atoms with Gasteiger partial charge in [-0.3, -0.25) is 9.69 Å². The zero-order chi connectivity index (χ0) is 18.4. The van der Waals surface area contributed by atoms with Crippen LogP contribution in [0.25, 0.3) is 0 Å². The minimum Gasteiger partial charge on any atom is -0.497 e. The zero-order valence-electron chi connectivity index (χ0n) is 16.2. The molecular weight excluding hydrogens is 340 g/mol. The van der Waals surface area contributed by atoms with Crippen LogP contribution in [-0.2, 0) is 16.1 Å². The summed E-state index contributed by atoms with van der Waals surface area (Å²) in [6.07, 6.45) is 6.00. The lowest BCUT2D eigenvalue weighted by Gasteiger charge is -2.31. The van der Waals surface area contributed by atoms with Gasteiger partial charge in [0.1, 0.15) is 5.75 Å². The molecule has 1 N–H and O–H groups in total. The molecule has 4 aliphatic rings. The Morgan fingerprint density at radius 3 is 3.04 bits per heavy atom. The van der Waals surface area contributed by atoms with Crippen LogP contribution in [0.15, 0.2) is 24.3 Å². The molecule has 4 atom stereocenters. The van der Waals surface area contributed by atoms with Crippen molar-refractivity contribution in [1.82, 2.24) is 10.2 Å². The number of nitrogens with one attached hydrogen (secondary N) is 1. The summed E-state index contributed by atoms with van der Waals surface area (Å²) in [7, 11) is 1.72. The first-order valence-electron chi connectivity index (χ1n) is 10.5. The maximum Gasteiger partial charge on any atom is 0.223 e. The van der Waals surface area contributed by atoms with Crippen molar-refractivity contribution in [3.05, 3.63) is 29.8 Å². The number of benzene rings is 1. The highest BCUT2D eigenvalue weighted by molar-refractivity contribution is 5.79. The minimum atomic E-state index is 0.0232. The molecule has 1 saturated carbocycles. The van der Waals surface area contributed by atoms with E-state index in [1.165, 1.54) is 18.4 Å². The quantitative estimate of drug-likeness (QED) is 0.836. The average Bonchev–Trinajstić information content (AvgIpc) is 3.26. The smallest absolute Gasteiger partial charge is 0.223 e. The van der Waals surface area contributed by atoms with E-state index in [2.05, 4.69) is 28.4 Å². The van der Waals surface area contributed by atoms with E-state index in [-0.39, 0.29) is 17.4 Å². The highest BCUT2D eigenvalue weighted by Crippen LogP contribution is 2.54. The number of hydrogen-bond donors (Lipinski definition) is 1. The van der Waals surface area contributed by atoms with Gasteiger partial charge in [0.2, 0.25) is 5.91 Å². The predicted molar refractivity (Wildman–Crippen MR) is 102 cm³/mol. The van der Waals surface area contributed by atoms with Crippen LogP contribution in [0, 0.1) is 17.8 Å². The van der Waals surface area contributed by atoms with Gasteiger partial charge in [-0.25, -0.2) is 0 Å². The summed E-state index contributed by atoms with van der Waals surface area (Å²) >= 11 is 0. The number of carbonyl (C=O) groups is 1. The summed E-state index contributed by atoms with van der Waals surface area (Å²) in [6, 6.07) is 8.35. The summed E-state index contributed by atoms with van der Waals surface area (Å²) < 4.78 is 11.9. The number of amides is 1. The molecule has 1 spiro atoms. The summed E-state index contributed by atoms with van der Waals surface area (Å²) in [5.41, 5.74) is 1.31. The van der Waals surface area contributed by atoms with Gasteiger partial charge in [0.05, 0.1) is 18.8 Å². The van der Waals surface area contributed by atoms with Crippen molar-refractivity contribution < 1.29 is 14.3 Å². The van der Waals surface area contributed by atoms with Crippen molar-refractivity contribution in [1.29, 1.82) is 0 Å². The maximum atomic E-state index is 12.3. The van der Waals surface area contributed by atoms with E-state index >= 15 is 0 Å². The second-order valence-corrected chi connectivity index (χ2v) is 8.92. The third kappa shape index (κ3) is 3.05. The van der Waals surface area contributed by atoms with E-state index < -0.39 is 0 Å². The van der Waals surface area contributed by atoms with Crippen LogP contribution in [0.5, 0.6) is 5.75 Å². The molecule has 27 heavy (non-hydrogen) atoms. The number of carbonyl (C=O) groups excluding carboxylic acids is 1. The number of hydrogen-bond acceptors (Lipinski definition) is 4. The predicted octanol–water partition coefficient (Wildman–Crippen LogP) is 2.59. The summed E-state index contributed by atoms with van der Waals surface area (Å²) in [5, 5.41) is 3.25. The number of fused-ring (bicyclic) bond motifs is 1. The van der Waals surface area contributed by atoms with Gasteiger partial charge in [0.15, 0.2) is 0 Å². The van der Waals surface area contributed by atoms with Crippen LogP contribution < -0.4 is 10.1 Å². The highest BCUT2D eigenvalue weighted by atomic mass is 16.5. The summed E-state index contributed by atoms with van der Waals surface area (Å²) in [6.45, 7) is 3.81. The molecule has 0 radical (unpaired) electrons. The van der Waals surface area contributed by atoms with Crippen molar-refractivity contribution in [3.63, 3.8) is 0 Å². The molecule has 146 valence electrons. The second kappa shape index (κ2) is 6.78. The number of nitrogens with zero attached hydrogens (tertiary/aromatic N) is 1. The largest absolute Gasteiger partial charge is 0.497 e. The molecule has 3 aliphatic heterocycles. The lowest BCUT2D eigenvalue weighted by molar-refractivity contribution is -0.127. The molecule has 3 heterocycles. The second-order valence-electron chi connectivity index (χ2n) is 8.92. The number of likely N-dealkylation sites (tertiary alicyclic amines) is 1. The number of rotatable bonds is 6. The molecule has 0 aromatic heterocycles. The normalized spacial score (nSPS) is 35.1. The van der Waals surface area contributed by atoms with E-state index in [1.54, 1.807) is 7.11 Å². The van der Waals surface area contributed by atoms with Crippen LogP contribution in [0.3, 0.4) is 0 Å². The van der Waals surface area contributed by atoms with Gasteiger partial charge in [-0.2, -0.15) is 0 Å². The van der Waals surface area contributed by atoms with Crippen LogP contribution in [0.1, 0.15) is 37.7 Å². The van der Waals surface area contributed by atoms with Crippen molar-refractivity contribution in [2.24, 2.45) is 17.8 Å². The lowest BCUT2D eigenvalue weighted by Crippen LogP contribution is -2.44. The fourth-order valence-electron chi connectivity index (χ4n) is 5.74. The first-order valence-corrected chi connectivity index (χ1v) is 10.5. The molecular formula is C22H30N2O3. The Balaban J connectivity index is 1.23. The summed E-state index contributed by atoms with van der Waals surface area (Å²) in [4.78, 5) is 14.8. The molecule has 0 unspecified atom stereocenters. The van der Waals surface area contributed by atoms with Gasteiger partial charge in [-0.1, -0.05) is 18.6 Å². The van der Waals surface area contributed by atoms with Crippen molar-refractivity contribution >= 4 is 5.91 Å². The molecule has 5 heteroatoms. The molecule has 1 amide bonds. The zero-order valence-corrected chi connectivity index (χ0v) is 16.2. The third-order valence-electron chi connectivity index (χ3n) is 7.38. The Labute approximate surface area is 161 Å². The summed E-state index contributed by atoms with van der Waals surface area (Å²) in [5.74, 6) is 2.47. The monoisotopic (exact) mass is 370 g/mol. The first-order chi connectivity index (χ1) is 13.2. The SMILES string of the molecule is COc1cccc(CN2C[C@@H]3[C@H](CNC(=O)C4CCC4)[C@H]4CC[C@]3(C2)O4)c1. The Hall–Kier alpha value is -1.59. The number of methoxy groups -OCH3 is 1. The first kappa shape index (κ1) is 17.5. The Morgan fingerprint density at radius 1 is 1.37 bits per heavy atom. The molecule has 1 aliphatic carbocycles. The van der Waals surface area contributed by atoms with Crippen molar-refractivity contribution in [2.45, 2.75) is 50.4 Å². The fourth-order valence-corrected chi connectivity index (χ4v) is 5.74. The molecule has 5 nitrogen and oxygen atoms in total. The van der Waals surface area contributed by atoms with Gasteiger partial charge < -0.3 is 14.8 Å². The Kier molecular flexibility index (Phi) is 4.40. The van der Waals surface area contributed by atoms with E-state index in [4.69, 9.17) is 9.47 Å². The molecule has 1 aromatic rings. The molecule has 4 fully saturated rings. The van der Waals surface area contributed by atoms with Crippen LogP contribution in [0.2, 0.25) is 0 Å². The lowest BCUT2D eigenvalue weighted by atomic mass is 9.73. The standard InChI is InChI=1S/C22H30N2O3/c1-26-17-7-2-4-15(10-17)12-24-13-19-18(11-23-21(25)16-5-3-6-16)20-8-9-22(19,14-24)27-20/h2,4,7,10,16,18-20H,3,5-6,8-9,11-14H2,1H3,(H,23,25)/t18-,19+,20+,22+/m0/s1. The van der Waals surface area contributed by atoms with Gasteiger partial charge in [0.25, 0.3) is 0 Å². The maximum absolute atomic E-state index is 12.3. The Morgan fingerprint density at radius 2 is 2.26 bits per heavy atom.